The van der Waals surface area contributed by atoms with Crippen molar-refractivity contribution in [3.05, 3.63) is 187 Å². The highest BCUT2D eigenvalue weighted by Crippen LogP contribution is 2.47. The Hall–Kier alpha value is -7.08. The molecule has 11 aromatic rings. The molecule has 0 amide bonds. The average Bonchev–Trinajstić information content (AvgIpc) is 3.92. The third kappa shape index (κ3) is 4.57. The van der Waals surface area contributed by atoms with Gasteiger partial charge >= 0.3 is 0 Å². The van der Waals surface area contributed by atoms with Crippen molar-refractivity contribution in [3.63, 3.8) is 0 Å². The summed E-state index contributed by atoms with van der Waals surface area (Å²) in [5.41, 5.74) is 13.3. The molecule has 0 radical (unpaired) electrons. The Labute approximate surface area is 315 Å². The quantitative estimate of drug-likeness (QED) is 0.193. The van der Waals surface area contributed by atoms with Crippen LogP contribution in [0.3, 0.4) is 0 Å². The number of hydrogen-bond donors (Lipinski definition) is 1. The van der Waals surface area contributed by atoms with Gasteiger partial charge in [-0.05, 0) is 88.5 Å². The molecule has 0 spiro atoms. The van der Waals surface area contributed by atoms with Crippen LogP contribution in [0.4, 0.5) is 5.69 Å². The molecular weight excluding hydrogens is 677 g/mol. The Morgan fingerprint density at radius 2 is 0.891 bits per heavy atom. The summed E-state index contributed by atoms with van der Waals surface area (Å²) < 4.78 is 19.3. The van der Waals surface area contributed by atoms with Crippen LogP contribution in [0.2, 0.25) is 0 Å². The molecule has 2 unspecified atom stereocenters. The normalized spacial score (nSPS) is 15.9. The zero-order chi connectivity index (χ0) is 36.0. The van der Waals surface area contributed by atoms with Crippen molar-refractivity contribution in [3.8, 4) is 22.3 Å². The molecule has 5 heteroatoms. The van der Waals surface area contributed by atoms with Gasteiger partial charge in [-0.3, -0.25) is 5.32 Å². The van der Waals surface area contributed by atoms with Crippen LogP contribution in [0.1, 0.15) is 23.5 Å². The highest BCUT2D eigenvalue weighted by molar-refractivity contribution is 6.17. The lowest BCUT2D eigenvalue weighted by Gasteiger charge is -2.52. The third-order valence-corrected chi connectivity index (χ3v) is 11.4. The summed E-state index contributed by atoms with van der Waals surface area (Å²) in [6.45, 7) is 0. The Morgan fingerprint density at radius 3 is 1.56 bits per heavy atom. The molecule has 0 bridgehead atoms. The van der Waals surface area contributed by atoms with Crippen molar-refractivity contribution in [2.24, 2.45) is 0 Å². The molecular formula is C50H32N2O3. The number of benzene rings is 8. The van der Waals surface area contributed by atoms with E-state index in [1.807, 2.05) is 18.2 Å². The molecule has 8 aromatic carbocycles. The fourth-order valence-corrected chi connectivity index (χ4v) is 8.91. The molecule has 0 aliphatic carbocycles. The Morgan fingerprint density at radius 1 is 0.382 bits per heavy atom. The van der Waals surface area contributed by atoms with Crippen molar-refractivity contribution in [1.29, 1.82) is 0 Å². The van der Waals surface area contributed by atoms with Gasteiger partial charge in [0.05, 0.1) is 0 Å². The second-order valence-corrected chi connectivity index (χ2v) is 14.4. The first kappa shape index (κ1) is 30.4. The molecule has 55 heavy (non-hydrogen) atoms. The van der Waals surface area contributed by atoms with E-state index in [-0.39, 0.29) is 12.3 Å². The number of para-hydroxylation sites is 2. The van der Waals surface area contributed by atoms with Gasteiger partial charge < -0.3 is 18.2 Å². The molecule has 260 valence electrons. The van der Waals surface area contributed by atoms with E-state index in [0.717, 1.165) is 88.1 Å². The molecule has 1 aliphatic rings. The lowest BCUT2D eigenvalue weighted by atomic mass is 9.94. The topological polar surface area (TPSA) is 54.7 Å². The van der Waals surface area contributed by atoms with E-state index < -0.39 is 0 Å². The van der Waals surface area contributed by atoms with Gasteiger partial charge in [0, 0.05) is 43.6 Å². The molecule has 1 aliphatic heterocycles. The van der Waals surface area contributed by atoms with Gasteiger partial charge in [-0.15, -0.1) is 0 Å². The summed E-state index contributed by atoms with van der Waals surface area (Å²) in [6, 6.07) is 61.7. The van der Waals surface area contributed by atoms with Crippen molar-refractivity contribution in [1.82, 2.24) is 5.32 Å². The van der Waals surface area contributed by atoms with Crippen LogP contribution in [-0.4, -0.2) is 0 Å². The van der Waals surface area contributed by atoms with Crippen molar-refractivity contribution in [2.45, 2.75) is 12.3 Å². The van der Waals surface area contributed by atoms with Crippen LogP contribution in [-0.2, 0) is 0 Å². The largest absolute Gasteiger partial charge is 0.456 e. The van der Waals surface area contributed by atoms with E-state index in [0.29, 0.717) is 0 Å². The third-order valence-electron chi connectivity index (χ3n) is 11.4. The summed E-state index contributed by atoms with van der Waals surface area (Å²) in [4.78, 5) is 2.47. The summed E-state index contributed by atoms with van der Waals surface area (Å²) in [5.74, 6) is 0. The summed E-state index contributed by atoms with van der Waals surface area (Å²) in [6.07, 6.45) is 0.00546. The number of hydrogen-bond acceptors (Lipinski definition) is 5. The molecule has 12 rings (SSSR count). The van der Waals surface area contributed by atoms with Crippen LogP contribution < -0.4 is 10.2 Å². The fourth-order valence-electron chi connectivity index (χ4n) is 8.91. The fraction of sp³-hybridized carbons (Fsp3) is 0.0400. The van der Waals surface area contributed by atoms with Gasteiger partial charge in [-0.25, -0.2) is 0 Å². The van der Waals surface area contributed by atoms with Crippen LogP contribution in [0, 0.1) is 0 Å². The zero-order valence-corrected chi connectivity index (χ0v) is 29.6. The number of fused-ring (bicyclic) bond motifs is 9. The lowest BCUT2D eigenvalue weighted by Crippen LogP contribution is -2.57. The smallest absolute Gasteiger partial charge is 0.136 e. The molecule has 4 heterocycles. The zero-order valence-electron chi connectivity index (χ0n) is 29.6. The second kappa shape index (κ2) is 11.7. The van der Waals surface area contributed by atoms with E-state index in [2.05, 4.69) is 168 Å². The van der Waals surface area contributed by atoms with Gasteiger partial charge in [0.15, 0.2) is 0 Å². The molecule has 1 saturated heterocycles. The predicted octanol–water partition coefficient (Wildman–Crippen LogP) is 13.5. The molecule has 1 fully saturated rings. The number of nitrogens with one attached hydrogen (secondary N) is 1. The molecule has 3 aromatic heterocycles. The Balaban J connectivity index is 1.02. The number of rotatable bonds is 5. The monoisotopic (exact) mass is 708 g/mol. The van der Waals surface area contributed by atoms with Crippen molar-refractivity contribution in [2.75, 3.05) is 4.90 Å². The Bertz CT molecular complexity index is 3270. The van der Waals surface area contributed by atoms with E-state index >= 15 is 0 Å². The minimum atomic E-state index is -0.0442. The maximum absolute atomic E-state index is 6.55. The van der Waals surface area contributed by atoms with Gasteiger partial charge in [-0.2, -0.15) is 0 Å². The van der Waals surface area contributed by atoms with E-state index in [4.69, 9.17) is 13.3 Å². The van der Waals surface area contributed by atoms with Gasteiger partial charge in [0.2, 0.25) is 0 Å². The van der Waals surface area contributed by atoms with Crippen molar-refractivity contribution >= 4 is 71.5 Å². The van der Waals surface area contributed by atoms with E-state index in [1.165, 1.54) is 16.8 Å². The summed E-state index contributed by atoms with van der Waals surface area (Å²) in [5, 5.41) is 10.5. The summed E-state index contributed by atoms with van der Waals surface area (Å²) >= 11 is 0. The van der Waals surface area contributed by atoms with Gasteiger partial charge in [0.1, 0.15) is 45.8 Å². The highest BCUT2D eigenvalue weighted by atomic mass is 16.3. The highest BCUT2D eigenvalue weighted by Gasteiger charge is 2.40. The first-order chi connectivity index (χ1) is 27.3. The number of nitrogens with zero attached hydrogens (tertiary/aromatic N) is 1. The average molecular weight is 709 g/mol. The minimum Gasteiger partial charge on any atom is -0.456 e. The minimum absolute atomic E-state index is 0.0442. The first-order valence-corrected chi connectivity index (χ1v) is 18.7. The van der Waals surface area contributed by atoms with E-state index in [1.54, 1.807) is 0 Å². The SMILES string of the molecule is c1ccc(C2NC(c3cccc4oc5ccc(-c6cccc7oc8ccc(-c9cccc%10oc%11ccccc%11c9%10)cc8c67)cc5c34)N2c2ccccc2)cc1. The maximum atomic E-state index is 6.55. The van der Waals surface area contributed by atoms with Crippen LogP contribution in [0.5, 0.6) is 0 Å². The molecule has 0 saturated carbocycles. The maximum Gasteiger partial charge on any atom is 0.136 e. The Kier molecular flexibility index (Phi) is 6.47. The number of anilines is 1. The second-order valence-electron chi connectivity index (χ2n) is 14.4. The van der Waals surface area contributed by atoms with Crippen LogP contribution in [0.15, 0.2) is 189 Å². The van der Waals surface area contributed by atoms with Crippen molar-refractivity contribution < 1.29 is 13.3 Å². The lowest BCUT2D eigenvalue weighted by molar-refractivity contribution is 0.278. The van der Waals surface area contributed by atoms with Gasteiger partial charge in [0.25, 0.3) is 0 Å². The van der Waals surface area contributed by atoms with Gasteiger partial charge in [-0.1, -0.05) is 115 Å². The molecule has 2 atom stereocenters. The molecule has 1 N–H and O–H groups in total. The number of furan rings is 3. The van der Waals surface area contributed by atoms with E-state index in [9.17, 15) is 0 Å². The summed E-state index contributed by atoms with van der Waals surface area (Å²) in [7, 11) is 0. The molecule has 5 nitrogen and oxygen atoms in total. The predicted molar refractivity (Wildman–Crippen MR) is 223 cm³/mol. The standard InChI is InChI=1S/C50H32N2O3/c1-3-12-30(13-4-1)49-51-50(52(49)33-14-5-2-6-15-33)37-19-11-23-45-48(37)39-29-32(25-27-42(39)55-45)35-18-10-22-44-47(35)38-28-31(24-26-41(38)54-44)34-17-9-21-43-46(34)36-16-7-8-20-40(36)53-43/h1-29,49-51H. The van der Waals surface area contributed by atoms with Crippen LogP contribution in [0.25, 0.3) is 88.1 Å². The van der Waals surface area contributed by atoms with Crippen LogP contribution >= 0.6 is 0 Å². The first-order valence-electron chi connectivity index (χ1n) is 18.7.